The number of hydrogen-bond acceptors (Lipinski definition) is 8. The predicted molar refractivity (Wildman–Crippen MR) is 95.8 cm³/mol. The number of carbonyl (C=O) groups is 1. The Labute approximate surface area is 156 Å². The van der Waals surface area contributed by atoms with Crippen molar-refractivity contribution in [3.63, 3.8) is 0 Å². The van der Waals surface area contributed by atoms with E-state index in [1.54, 1.807) is 24.3 Å². The fourth-order valence-electron chi connectivity index (χ4n) is 2.53. The van der Waals surface area contributed by atoms with E-state index in [0.717, 1.165) is 5.56 Å². The highest BCUT2D eigenvalue weighted by Gasteiger charge is 2.30. The van der Waals surface area contributed by atoms with Crippen LogP contribution >= 0.6 is 0 Å². The van der Waals surface area contributed by atoms with Crippen LogP contribution in [0.5, 0.6) is 17.2 Å². The van der Waals surface area contributed by atoms with Crippen molar-refractivity contribution in [1.29, 1.82) is 0 Å². The van der Waals surface area contributed by atoms with E-state index in [-0.39, 0.29) is 28.5 Å². The fourth-order valence-corrected chi connectivity index (χ4v) is 3.28. The van der Waals surface area contributed by atoms with Gasteiger partial charge in [0.15, 0.2) is 11.5 Å². The quantitative estimate of drug-likeness (QED) is 0.438. The number of esters is 1. The zero-order valence-electron chi connectivity index (χ0n) is 14.9. The van der Waals surface area contributed by atoms with Gasteiger partial charge in [-0.1, -0.05) is 22.9 Å². The number of fused-ring (bicyclic) bond motifs is 1. The smallest absolute Gasteiger partial charge is 0.358 e. The molecular weight excluding hydrogens is 374 g/mol. The molecule has 0 amide bonds. The molecule has 8 nitrogen and oxygen atoms in total. The third-order valence-corrected chi connectivity index (χ3v) is 5.01. The predicted octanol–water partition coefficient (Wildman–Crippen LogP) is 2.43. The Morgan fingerprint density at radius 3 is 2.37 bits per heavy atom. The van der Waals surface area contributed by atoms with E-state index in [0.29, 0.717) is 11.3 Å². The Hall–Kier alpha value is -3.07. The lowest BCUT2D eigenvalue weighted by Gasteiger charge is -2.20. The first-order chi connectivity index (χ1) is 12.9. The molecule has 1 aliphatic heterocycles. The minimum atomic E-state index is -4.12. The molecule has 0 fully saturated rings. The van der Waals surface area contributed by atoms with E-state index >= 15 is 0 Å². The van der Waals surface area contributed by atoms with Crippen molar-refractivity contribution in [3.8, 4) is 17.2 Å². The summed E-state index contributed by atoms with van der Waals surface area (Å²) >= 11 is 0. The molecule has 0 saturated heterocycles. The van der Waals surface area contributed by atoms with Crippen molar-refractivity contribution in [2.45, 2.75) is 18.2 Å². The van der Waals surface area contributed by atoms with Gasteiger partial charge < -0.3 is 14.2 Å². The third-order valence-electron chi connectivity index (χ3n) is 3.89. The normalized spacial score (nSPS) is 15.1. The molecule has 0 bridgehead atoms. The summed E-state index contributed by atoms with van der Waals surface area (Å²) in [5.41, 5.74) is 1.40. The molecular formula is C18H17NO7S. The summed E-state index contributed by atoms with van der Waals surface area (Å²) < 4.78 is 45.1. The van der Waals surface area contributed by atoms with E-state index in [9.17, 15) is 13.2 Å². The monoisotopic (exact) mass is 391 g/mol. The number of methoxy groups -OCH3 is 2. The highest BCUT2D eigenvalue weighted by atomic mass is 32.2. The largest absolute Gasteiger partial charge is 0.493 e. The summed E-state index contributed by atoms with van der Waals surface area (Å²) in [5.74, 6) is 0.0444. The van der Waals surface area contributed by atoms with Gasteiger partial charge in [0.25, 0.3) is 0 Å². The molecule has 9 heteroatoms. The fraction of sp³-hybridized carbons (Fsp3) is 0.222. The number of nitrogens with zero attached hydrogens (tertiary/aromatic N) is 1. The van der Waals surface area contributed by atoms with Crippen LogP contribution in [0, 0.1) is 6.92 Å². The molecule has 27 heavy (non-hydrogen) atoms. The van der Waals surface area contributed by atoms with Crippen LogP contribution in [0.25, 0.3) is 0 Å². The van der Waals surface area contributed by atoms with Crippen molar-refractivity contribution in [2.75, 3.05) is 14.2 Å². The van der Waals surface area contributed by atoms with Crippen LogP contribution in [0.2, 0.25) is 0 Å². The van der Waals surface area contributed by atoms with Gasteiger partial charge in [0, 0.05) is 5.56 Å². The van der Waals surface area contributed by atoms with Crippen LogP contribution < -0.4 is 14.2 Å². The Balaban J connectivity index is 1.98. The average molecular weight is 391 g/mol. The number of rotatable bonds is 5. The van der Waals surface area contributed by atoms with Gasteiger partial charge in [-0.15, -0.1) is 0 Å². The molecule has 0 radical (unpaired) electrons. The Bertz CT molecular complexity index is 1010. The molecule has 3 rings (SSSR count). The summed E-state index contributed by atoms with van der Waals surface area (Å²) in [5, 5.41) is 3.71. The molecule has 2 aromatic carbocycles. The van der Waals surface area contributed by atoms with E-state index in [1.807, 2.05) is 6.92 Å². The Kier molecular flexibility index (Phi) is 5.04. The van der Waals surface area contributed by atoms with Gasteiger partial charge in [-0.2, -0.15) is 8.42 Å². The second-order valence-electron chi connectivity index (χ2n) is 5.71. The summed E-state index contributed by atoms with van der Waals surface area (Å²) in [7, 11) is -1.28. The molecule has 0 saturated carbocycles. The standard InChI is InChI=1S/C18H17NO7S/c1-11-4-6-12(7-5-11)27(21,22)26-19-14-10-16(20)25-17-13(14)8-9-15(23-2)18(17)24-3/h4-9H,10H2,1-3H3. The molecule has 0 N–H and O–H groups in total. The number of ether oxygens (including phenoxy) is 3. The van der Waals surface area contributed by atoms with Crippen LogP contribution in [0.1, 0.15) is 17.5 Å². The van der Waals surface area contributed by atoms with Crippen molar-refractivity contribution in [1.82, 2.24) is 0 Å². The average Bonchev–Trinajstić information content (AvgIpc) is 2.65. The van der Waals surface area contributed by atoms with Crippen molar-refractivity contribution in [3.05, 3.63) is 47.5 Å². The summed E-state index contributed by atoms with van der Waals surface area (Å²) in [6.45, 7) is 1.84. The second kappa shape index (κ2) is 7.28. The molecule has 142 valence electrons. The van der Waals surface area contributed by atoms with Gasteiger partial charge in [0.05, 0.1) is 20.6 Å². The Morgan fingerprint density at radius 2 is 1.74 bits per heavy atom. The minimum Gasteiger partial charge on any atom is -0.493 e. The molecule has 0 spiro atoms. The van der Waals surface area contributed by atoms with E-state index in [2.05, 4.69) is 5.16 Å². The summed E-state index contributed by atoms with van der Waals surface area (Å²) in [6.07, 6.45) is -0.244. The number of carbonyl (C=O) groups excluding carboxylic acids is 1. The van der Waals surface area contributed by atoms with Gasteiger partial charge in [0.2, 0.25) is 5.75 Å². The second-order valence-corrected chi connectivity index (χ2v) is 7.24. The number of hydrogen-bond donors (Lipinski definition) is 0. The molecule has 0 aromatic heterocycles. The van der Waals surface area contributed by atoms with Gasteiger partial charge in [-0.05, 0) is 31.2 Å². The van der Waals surface area contributed by atoms with Crippen LogP contribution in [0.15, 0.2) is 46.4 Å². The SMILES string of the molecule is COc1ccc2c(c1OC)OC(=O)CC2=NOS(=O)(=O)c1ccc(C)cc1. The number of aryl methyl sites for hydroxylation is 1. The Morgan fingerprint density at radius 1 is 1.04 bits per heavy atom. The van der Waals surface area contributed by atoms with Gasteiger partial charge in [-0.3, -0.25) is 9.08 Å². The lowest BCUT2D eigenvalue weighted by Crippen LogP contribution is -2.23. The van der Waals surface area contributed by atoms with Crippen molar-refractivity contribution >= 4 is 21.8 Å². The first-order valence-corrected chi connectivity index (χ1v) is 9.29. The maximum absolute atomic E-state index is 12.3. The molecule has 0 atom stereocenters. The number of oxime groups is 1. The molecule has 1 aliphatic rings. The zero-order valence-corrected chi connectivity index (χ0v) is 15.7. The van der Waals surface area contributed by atoms with Crippen LogP contribution in [0.4, 0.5) is 0 Å². The summed E-state index contributed by atoms with van der Waals surface area (Å²) in [6, 6.07) is 9.32. The first kappa shape index (κ1) is 18.7. The summed E-state index contributed by atoms with van der Waals surface area (Å²) in [4.78, 5) is 11.9. The van der Waals surface area contributed by atoms with Crippen LogP contribution in [0.3, 0.4) is 0 Å². The minimum absolute atomic E-state index is 0.0385. The lowest BCUT2D eigenvalue weighted by atomic mass is 10.0. The molecule has 2 aromatic rings. The topological polar surface area (TPSA) is 100 Å². The first-order valence-electron chi connectivity index (χ1n) is 7.89. The lowest BCUT2D eigenvalue weighted by molar-refractivity contribution is -0.133. The van der Waals surface area contributed by atoms with Crippen LogP contribution in [-0.4, -0.2) is 34.3 Å². The highest BCUT2D eigenvalue weighted by molar-refractivity contribution is 7.86. The molecule has 0 unspecified atom stereocenters. The van der Waals surface area contributed by atoms with Gasteiger partial charge in [0.1, 0.15) is 10.6 Å². The molecule has 0 aliphatic carbocycles. The zero-order chi connectivity index (χ0) is 19.6. The highest BCUT2D eigenvalue weighted by Crippen LogP contribution is 2.42. The van der Waals surface area contributed by atoms with Crippen molar-refractivity contribution in [2.24, 2.45) is 5.16 Å². The molecule has 1 heterocycles. The number of benzene rings is 2. The van der Waals surface area contributed by atoms with Crippen LogP contribution in [-0.2, 0) is 19.2 Å². The van der Waals surface area contributed by atoms with E-state index in [1.165, 1.54) is 26.4 Å². The van der Waals surface area contributed by atoms with E-state index in [4.69, 9.17) is 18.5 Å². The maximum Gasteiger partial charge on any atom is 0.358 e. The van der Waals surface area contributed by atoms with Gasteiger partial charge >= 0.3 is 16.1 Å². The van der Waals surface area contributed by atoms with Gasteiger partial charge in [-0.25, -0.2) is 0 Å². The third kappa shape index (κ3) is 3.72. The maximum atomic E-state index is 12.3. The van der Waals surface area contributed by atoms with E-state index < -0.39 is 16.1 Å². The van der Waals surface area contributed by atoms with Crippen molar-refractivity contribution < 1.29 is 31.7 Å².